The van der Waals surface area contributed by atoms with Crippen LogP contribution < -0.4 is 0 Å². The van der Waals surface area contributed by atoms with Crippen molar-refractivity contribution < 1.29 is 14.2 Å². The van der Waals surface area contributed by atoms with Gasteiger partial charge in [0.15, 0.2) is 0 Å². The molecule has 7 heteroatoms. The molecule has 3 fully saturated rings. The highest BCUT2D eigenvalue weighted by atomic mass is 32.2. The Bertz CT molecular complexity index is 600. The highest BCUT2D eigenvalue weighted by Gasteiger charge is 2.64. The quantitative estimate of drug-likeness (QED) is 0.512. The molecule has 0 spiro atoms. The number of rotatable bonds is 3. The molecular weight excluding hydrogens is 416 g/mol. The van der Waals surface area contributed by atoms with E-state index in [4.69, 9.17) is 38.6 Å². The lowest BCUT2D eigenvalue weighted by Crippen LogP contribution is -2.62. The Morgan fingerprint density at radius 1 is 1.00 bits per heavy atom. The van der Waals surface area contributed by atoms with Gasteiger partial charge in [-0.2, -0.15) is 0 Å². The summed E-state index contributed by atoms with van der Waals surface area (Å²) in [4.78, 5) is 0. The summed E-state index contributed by atoms with van der Waals surface area (Å²) in [5.74, 6) is 1.11. The molecule has 27 heavy (non-hydrogen) atoms. The van der Waals surface area contributed by atoms with E-state index in [1.807, 2.05) is 12.5 Å². The summed E-state index contributed by atoms with van der Waals surface area (Å²) in [7, 11) is 0. The van der Waals surface area contributed by atoms with E-state index in [9.17, 15) is 0 Å². The summed E-state index contributed by atoms with van der Waals surface area (Å²) < 4.78 is 19.8. The van der Waals surface area contributed by atoms with Crippen LogP contribution in [0.2, 0.25) is 0 Å². The SMILES string of the molecule is CSC(=S)OC[C@]1(C)[C@@H]2CC[C@@]3(C)OCC[C@@H]3[C@@]2(C)CC[C@@H]1OC(=S)SC. The van der Waals surface area contributed by atoms with Gasteiger partial charge >= 0.3 is 0 Å². The van der Waals surface area contributed by atoms with Crippen molar-refractivity contribution in [2.45, 2.75) is 64.6 Å². The van der Waals surface area contributed by atoms with Crippen LogP contribution in [0.4, 0.5) is 0 Å². The van der Waals surface area contributed by atoms with E-state index in [0.29, 0.717) is 27.2 Å². The number of thioether (sulfide) groups is 2. The van der Waals surface area contributed by atoms with Gasteiger partial charge in [-0.3, -0.25) is 0 Å². The summed E-state index contributed by atoms with van der Waals surface area (Å²) in [6, 6.07) is 0. The van der Waals surface area contributed by atoms with E-state index < -0.39 is 0 Å². The third-order valence-corrected chi connectivity index (χ3v) is 9.74. The van der Waals surface area contributed by atoms with Gasteiger partial charge in [0, 0.05) is 12.0 Å². The molecule has 3 rings (SSSR count). The molecule has 1 saturated heterocycles. The van der Waals surface area contributed by atoms with Gasteiger partial charge in [0.2, 0.25) is 8.77 Å². The third kappa shape index (κ3) is 3.92. The summed E-state index contributed by atoms with van der Waals surface area (Å²) >= 11 is 13.8. The lowest BCUT2D eigenvalue weighted by atomic mass is 9.44. The Balaban J connectivity index is 1.91. The van der Waals surface area contributed by atoms with Gasteiger partial charge in [0.25, 0.3) is 0 Å². The zero-order valence-electron chi connectivity index (χ0n) is 17.0. The van der Waals surface area contributed by atoms with E-state index >= 15 is 0 Å². The average Bonchev–Trinajstić information content (AvgIpc) is 3.05. The maximum Gasteiger partial charge on any atom is 0.219 e. The molecule has 0 unspecified atom stereocenters. The van der Waals surface area contributed by atoms with Crippen LogP contribution in [0.15, 0.2) is 0 Å². The predicted molar refractivity (Wildman–Crippen MR) is 124 cm³/mol. The first-order valence-corrected chi connectivity index (χ1v) is 13.1. The first kappa shape index (κ1) is 22.1. The van der Waals surface area contributed by atoms with Crippen molar-refractivity contribution >= 4 is 56.7 Å². The fraction of sp³-hybridized carbons (Fsp3) is 0.900. The van der Waals surface area contributed by atoms with Crippen LogP contribution >= 0.6 is 48.0 Å². The normalized spacial score (nSPS) is 43.5. The maximum atomic E-state index is 6.29. The van der Waals surface area contributed by atoms with Gasteiger partial charge in [-0.15, -0.1) is 0 Å². The van der Waals surface area contributed by atoms with Crippen molar-refractivity contribution in [3.05, 3.63) is 0 Å². The fourth-order valence-corrected chi connectivity index (χ4v) is 6.91. The molecule has 0 radical (unpaired) electrons. The van der Waals surface area contributed by atoms with Crippen molar-refractivity contribution in [2.24, 2.45) is 22.7 Å². The Kier molecular flexibility index (Phi) is 6.79. The molecule has 0 aromatic rings. The smallest absolute Gasteiger partial charge is 0.219 e. The Morgan fingerprint density at radius 3 is 2.37 bits per heavy atom. The van der Waals surface area contributed by atoms with Crippen LogP contribution in [0.3, 0.4) is 0 Å². The number of hydrogen-bond donors (Lipinski definition) is 0. The fourth-order valence-electron chi connectivity index (χ4n) is 6.35. The lowest BCUT2D eigenvalue weighted by Gasteiger charge is -2.62. The average molecular weight is 449 g/mol. The standard InChI is InChI=1S/C20H32O3S4/c1-18-9-7-15(23-17(25)27-5)19(2,12-21-16(24)26-4)13(18)6-10-20(3)14(18)8-11-22-20/h13-15H,6-12H2,1-5H3/t13-,14-,15+,18+,19-,20-/m1/s1. The predicted octanol–water partition coefficient (Wildman–Crippen LogP) is 5.70. The summed E-state index contributed by atoms with van der Waals surface area (Å²) in [5.41, 5.74) is 0.157. The Morgan fingerprint density at radius 2 is 1.70 bits per heavy atom. The molecule has 1 aliphatic heterocycles. The van der Waals surface area contributed by atoms with Crippen LogP contribution in [0.5, 0.6) is 0 Å². The van der Waals surface area contributed by atoms with Gasteiger partial charge in [0.1, 0.15) is 6.10 Å². The van der Waals surface area contributed by atoms with Crippen molar-refractivity contribution in [3.63, 3.8) is 0 Å². The second-order valence-electron chi connectivity index (χ2n) is 8.95. The minimum absolute atomic E-state index is 0.0316. The van der Waals surface area contributed by atoms with Crippen LogP contribution in [-0.4, -0.2) is 46.2 Å². The first-order chi connectivity index (χ1) is 12.7. The minimum atomic E-state index is -0.115. The van der Waals surface area contributed by atoms with Gasteiger partial charge in [-0.1, -0.05) is 37.4 Å². The monoisotopic (exact) mass is 448 g/mol. The summed E-state index contributed by atoms with van der Waals surface area (Å²) in [6.07, 6.45) is 9.60. The highest BCUT2D eigenvalue weighted by Crippen LogP contribution is 2.65. The summed E-state index contributed by atoms with van der Waals surface area (Å²) in [5, 5.41) is 0. The van der Waals surface area contributed by atoms with Crippen molar-refractivity contribution in [2.75, 3.05) is 25.7 Å². The van der Waals surface area contributed by atoms with Crippen molar-refractivity contribution in [3.8, 4) is 0 Å². The molecule has 0 N–H and O–H groups in total. The maximum absolute atomic E-state index is 6.29. The van der Waals surface area contributed by atoms with Gasteiger partial charge < -0.3 is 14.2 Å². The van der Waals surface area contributed by atoms with E-state index in [-0.39, 0.29) is 22.5 Å². The van der Waals surface area contributed by atoms with Crippen molar-refractivity contribution in [1.82, 2.24) is 0 Å². The van der Waals surface area contributed by atoms with Gasteiger partial charge in [0.05, 0.1) is 12.2 Å². The largest absolute Gasteiger partial charge is 0.478 e. The number of hydrogen-bond acceptors (Lipinski definition) is 7. The second-order valence-corrected chi connectivity index (χ2v) is 11.8. The molecule has 0 bridgehead atoms. The Hall–Kier alpha value is 0.440. The second kappa shape index (κ2) is 8.29. The van der Waals surface area contributed by atoms with Gasteiger partial charge in [-0.25, -0.2) is 0 Å². The lowest BCUT2D eigenvalue weighted by molar-refractivity contribution is -0.189. The van der Waals surface area contributed by atoms with Crippen LogP contribution in [0.1, 0.15) is 52.9 Å². The molecule has 6 atom stereocenters. The molecule has 0 aromatic carbocycles. The minimum Gasteiger partial charge on any atom is -0.478 e. The molecule has 2 aliphatic carbocycles. The topological polar surface area (TPSA) is 27.7 Å². The zero-order valence-corrected chi connectivity index (χ0v) is 20.3. The van der Waals surface area contributed by atoms with E-state index in [2.05, 4.69) is 20.8 Å². The van der Waals surface area contributed by atoms with Crippen LogP contribution in [0, 0.1) is 22.7 Å². The zero-order chi connectivity index (χ0) is 19.9. The van der Waals surface area contributed by atoms with E-state index in [1.165, 1.54) is 29.9 Å². The van der Waals surface area contributed by atoms with E-state index in [1.54, 1.807) is 0 Å². The van der Waals surface area contributed by atoms with Crippen LogP contribution in [-0.2, 0) is 14.2 Å². The molecule has 3 aliphatic rings. The molecular formula is C20H32O3S4. The molecule has 2 saturated carbocycles. The first-order valence-electron chi connectivity index (χ1n) is 9.79. The Labute approximate surface area is 183 Å². The molecule has 0 aromatic heterocycles. The molecule has 3 nitrogen and oxygen atoms in total. The molecule has 1 heterocycles. The number of fused-ring (bicyclic) bond motifs is 3. The number of ether oxygens (including phenoxy) is 3. The highest BCUT2D eigenvalue weighted by molar-refractivity contribution is 8.22. The van der Waals surface area contributed by atoms with Crippen molar-refractivity contribution in [1.29, 1.82) is 0 Å². The van der Waals surface area contributed by atoms with Gasteiger partial charge in [-0.05, 0) is 93.2 Å². The van der Waals surface area contributed by atoms with Crippen LogP contribution in [0.25, 0.3) is 0 Å². The van der Waals surface area contributed by atoms with E-state index in [0.717, 1.165) is 32.3 Å². The number of thiocarbonyl (C=S) groups is 2. The molecule has 154 valence electrons. The molecule has 0 amide bonds. The third-order valence-electron chi connectivity index (χ3n) is 7.65. The summed E-state index contributed by atoms with van der Waals surface area (Å²) in [6.45, 7) is 8.64.